The molecule has 0 radical (unpaired) electrons. The van der Waals surface area contributed by atoms with E-state index in [1.54, 1.807) is 48.5 Å². The largest absolute Gasteiger partial charge is 0.493 e. The highest BCUT2D eigenvalue weighted by Crippen LogP contribution is 2.27. The molecule has 180 valence electrons. The molecule has 9 nitrogen and oxygen atoms in total. The van der Waals surface area contributed by atoms with Gasteiger partial charge in [-0.15, -0.1) is 0 Å². The number of anilines is 1. The number of methoxy groups -OCH3 is 2. The van der Waals surface area contributed by atoms with Crippen LogP contribution in [0.15, 0.2) is 48.5 Å². The average Bonchev–Trinajstić information content (AvgIpc) is 2.80. The Bertz CT molecular complexity index is 1070. The normalized spacial score (nSPS) is 10.5. The minimum atomic E-state index is -0.483. The Morgan fingerprint density at radius 2 is 1.65 bits per heavy atom. The third-order valence-corrected chi connectivity index (χ3v) is 4.59. The van der Waals surface area contributed by atoms with Crippen LogP contribution in [0.5, 0.6) is 11.5 Å². The lowest BCUT2D eigenvalue weighted by atomic mass is 10.1. The first-order valence-electron chi connectivity index (χ1n) is 10.4. The molecule has 10 heteroatoms. The number of benzene rings is 2. The zero-order valence-corrected chi connectivity index (χ0v) is 20.2. The zero-order chi connectivity index (χ0) is 25.1. The van der Waals surface area contributed by atoms with Gasteiger partial charge in [0.2, 0.25) is 11.8 Å². The van der Waals surface area contributed by atoms with Crippen LogP contribution in [0.4, 0.5) is 5.69 Å². The molecule has 0 aliphatic heterocycles. The van der Waals surface area contributed by atoms with E-state index in [0.717, 1.165) is 5.56 Å². The van der Waals surface area contributed by atoms with Gasteiger partial charge in [0.15, 0.2) is 16.6 Å². The first-order chi connectivity index (χ1) is 16.2. The van der Waals surface area contributed by atoms with Crippen LogP contribution in [0.2, 0.25) is 0 Å². The van der Waals surface area contributed by atoms with E-state index in [2.05, 4.69) is 21.5 Å². The molecule has 2 aromatic rings. The summed E-state index contributed by atoms with van der Waals surface area (Å²) in [5.74, 6) is 0.337. The van der Waals surface area contributed by atoms with Crippen LogP contribution >= 0.6 is 12.2 Å². The Labute approximate surface area is 203 Å². The summed E-state index contributed by atoms with van der Waals surface area (Å²) in [6.45, 7) is 3.92. The van der Waals surface area contributed by atoms with E-state index < -0.39 is 11.8 Å². The second-order valence-corrected chi connectivity index (χ2v) is 7.98. The Balaban J connectivity index is 1.81. The lowest BCUT2D eigenvalue weighted by molar-refractivity contribution is -0.117. The number of amides is 3. The molecule has 34 heavy (non-hydrogen) atoms. The second-order valence-electron chi connectivity index (χ2n) is 7.57. The maximum absolute atomic E-state index is 12.3. The Kier molecular flexibility index (Phi) is 10.0. The molecule has 0 fully saturated rings. The Morgan fingerprint density at radius 1 is 0.971 bits per heavy atom. The van der Waals surface area contributed by atoms with Crippen molar-refractivity contribution in [1.82, 2.24) is 16.2 Å². The fraction of sp³-hybridized carbons (Fsp3) is 0.250. The molecule has 0 heterocycles. The Morgan fingerprint density at radius 3 is 2.26 bits per heavy atom. The molecule has 2 aromatic carbocycles. The maximum atomic E-state index is 12.3. The number of thiocarbonyl (C=S) groups is 1. The van der Waals surface area contributed by atoms with Gasteiger partial charge < -0.3 is 14.8 Å². The molecular formula is C24H28N4O5S. The van der Waals surface area contributed by atoms with Crippen molar-refractivity contribution >= 4 is 46.8 Å². The third kappa shape index (κ3) is 8.55. The van der Waals surface area contributed by atoms with E-state index in [1.807, 2.05) is 13.8 Å². The van der Waals surface area contributed by atoms with Crippen molar-refractivity contribution in [3.63, 3.8) is 0 Å². The van der Waals surface area contributed by atoms with Gasteiger partial charge in [-0.2, -0.15) is 0 Å². The average molecular weight is 485 g/mol. The fourth-order valence-electron chi connectivity index (χ4n) is 2.79. The molecule has 0 unspecified atom stereocenters. The highest BCUT2D eigenvalue weighted by atomic mass is 32.1. The van der Waals surface area contributed by atoms with Crippen molar-refractivity contribution in [2.75, 3.05) is 19.5 Å². The van der Waals surface area contributed by atoms with E-state index in [4.69, 9.17) is 21.7 Å². The van der Waals surface area contributed by atoms with Gasteiger partial charge in [-0.05, 0) is 66.2 Å². The van der Waals surface area contributed by atoms with Gasteiger partial charge in [-0.1, -0.05) is 19.9 Å². The molecule has 0 saturated heterocycles. The van der Waals surface area contributed by atoms with Crippen LogP contribution < -0.4 is 31.0 Å². The first-order valence-corrected chi connectivity index (χ1v) is 10.8. The molecule has 3 amide bonds. The summed E-state index contributed by atoms with van der Waals surface area (Å²) < 4.78 is 10.4. The SMILES string of the molecule is COc1ccc(/C=C/C(=O)NC(=S)NNC(=O)c2ccc(NC(=O)CC(C)C)cc2)cc1OC. The van der Waals surface area contributed by atoms with Gasteiger partial charge >= 0.3 is 0 Å². The summed E-state index contributed by atoms with van der Waals surface area (Å²) in [5.41, 5.74) is 6.54. The molecule has 0 aromatic heterocycles. The smallest absolute Gasteiger partial charge is 0.269 e. The second kappa shape index (κ2) is 12.9. The van der Waals surface area contributed by atoms with Crippen molar-refractivity contribution in [3.05, 3.63) is 59.7 Å². The lowest BCUT2D eigenvalue weighted by Crippen LogP contribution is -2.48. The van der Waals surface area contributed by atoms with Crippen molar-refractivity contribution in [1.29, 1.82) is 0 Å². The summed E-state index contributed by atoms with van der Waals surface area (Å²) in [4.78, 5) is 36.2. The van der Waals surface area contributed by atoms with Crippen LogP contribution in [0.3, 0.4) is 0 Å². The van der Waals surface area contributed by atoms with E-state index in [1.165, 1.54) is 20.3 Å². The van der Waals surface area contributed by atoms with Crippen molar-refractivity contribution in [2.45, 2.75) is 20.3 Å². The summed E-state index contributed by atoms with van der Waals surface area (Å²) in [5, 5.41) is 5.13. The van der Waals surface area contributed by atoms with Gasteiger partial charge in [0.1, 0.15) is 0 Å². The molecule has 0 aliphatic rings. The minimum absolute atomic E-state index is 0.0760. The number of carbonyl (C=O) groups is 3. The standard InChI is InChI=1S/C24H28N4O5S/c1-15(2)13-22(30)25-18-9-7-17(8-10-18)23(31)27-28-24(34)26-21(29)12-6-16-5-11-19(32-3)20(14-16)33-4/h5-12,14-15H,13H2,1-4H3,(H,25,30)(H,27,31)(H2,26,28,29,34)/b12-6+. The number of hydrogen-bond donors (Lipinski definition) is 4. The van der Waals surface area contributed by atoms with E-state index in [9.17, 15) is 14.4 Å². The molecular weight excluding hydrogens is 456 g/mol. The topological polar surface area (TPSA) is 118 Å². The maximum Gasteiger partial charge on any atom is 0.269 e. The minimum Gasteiger partial charge on any atom is -0.493 e. The zero-order valence-electron chi connectivity index (χ0n) is 19.4. The predicted molar refractivity (Wildman–Crippen MR) is 134 cm³/mol. The highest BCUT2D eigenvalue weighted by Gasteiger charge is 2.09. The first kappa shape index (κ1) is 26.3. The van der Waals surface area contributed by atoms with Gasteiger partial charge in [-0.25, -0.2) is 0 Å². The number of carbonyl (C=O) groups excluding carboxylic acids is 3. The number of nitrogens with one attached hydrogen (secondary N) is 4. The van der Waals surface area contributed by atoms with Crippen LogP contribution in [-0.2, 0) is 9.59 Å². The molecule has 0 spiro atoms. The number of hydrazine groups is 1. The highest BCUT2D eigenvalue weighted by molar-refractivity contribution is 7.80. The van der Waals surface area contributed by atoms with Crippen LogP contribution in [0, 0.1) is 5.92 Å². The molecule has 0 atom stereocenters. The van der Waals surface area contributed by atoms with Gasteiger partial charge in [0.05, 0.1) is 14.2 Å². The summed E-state index contributed by atoms with van der Waals surface area (Å²) in [6.07, 6.45) is 3.29. The number of ether oxygens (including phenoxy) is 2. The lowest BCUT2D eigenvalue weighted by Gasteiger charge is -2.11. The van der Waals surface area contributed by atoms with Gasteiger partial charge in [0, 0.05) is 23.7 Å². The predicted octanol–water partition coefficient (Wildman–Crippen LogP) is 3.04. The van der Waals surface area contributed by atoms with Gasteiger partial charge in [-0.3, -0.25) is 30.6 Å². The van der Waals surface area contributed by atoms with Gasteiger partial charge in [0.25, 0.3) is 5.91 Å². The van der Waals surface area contributed by atoms with Crippen molar-refractivity contribution in [3.8, 4) is 11.5 Å². The summed E-state index contributed by atoms with van der Waals surface area (Å²) in [6, 6.07) is 11.6. The quantitative estimate of drug-likeness (QED) is 0.258. The summed E-state index contributed by atoms with van der Waals surface area (Å²) >= 11 is 5.03. The molecule has 0 bridgehead atoms. The monoisotopic (exact) mass is 484 g/mol. The van der Waals surface area contributed by atoms with Crippen molar-refractivity contribution in [2.24, 2.45) is 5.92 Å². The number of hydrogen-bond acceptors (Lipinski definition) is 6. The summed E-state index contributed by atoms with van der Waals surface area (Å²) in [7, 11) is 3.06. The fourth-order valence-corrected chi connectivity index (χ4v) is 2.94. The number of rotatable bonds is 8. The van der Waals surface area contributed by atoms with Crippen LogP contribution in [0.1, 0.15) is 36.2 Å². The molecule has 4 N–H and O–H groups in total. The molecule has 0 aliphatic carbocycles. The van der Waals surface area contributed by atoms with Crippen molar-refractivity contribution < 1.29 is 23.9 Å². The van der Waals surface area contributed by atoms with Crippen LogP contribution in [-0.4, -0.2) is 37.1 Å². The van der Waals surface area contributed by atoms with E-state index in [-0.39, 0.29) is 16.9 Å². The van der Waals surface area contributed by atoms with Crippen LogP contribution in [0.25, 0.3) is 6.08 Å². The Hall–Kier alpha value is -3.92. The van der Waals surface area contributed by atoms with E-state index in [0.29, 0.717) is 29.2 Å². The third-order valence-electron chi connectivity index (χ3n) is 4.39. The van der Waals surface area contributed by atoms with E-state index >= 15 is 0 Å². The molecule has 0 saturated carbocycles. The molecule has 2 rings (SSSR count).